The highest BCUT2D eigenvalue weighted by Gasteiger charge is 2.31. The molecule has 1 aliphatic heterocycles. The highest BCUT2D eigenvalue weighted by atomic mass is 19.2. The molecule has 2 unspecified atom stereocenters. The molecule has 2 N–H and O–H groups in total. The molecule has 2 atom stereocenters. The minimum absolute atomic E-state index is 0.0411. The van der Waals surface area contributed by atoms with Gasteiger partial charge in [0.05, 0.1) is 0 Å². The quantitative estimate of drug-likeness (QED) is 0.875. The molecular formula is C16H25F2N3. The van der Waals surface area contributed by atoms with Crippen LogP contribution in [0.2, 0.25) is 0 Å². The van der Waals surface area contributed by atoms with Crippen LogP contribution in [0.4, 0.5) is 8.78 Å². The van der Waals surface area contributed by atoms with E-state index in [0.717, 1.165) is 38.2 Å². The van der Waals surface area contributed by atoms with Gasteiger partial charge in [0, 0.05) is 31.7 Å². The van der Waals surface area contributed by atoms with E-state index in [9.17, 15) is 8.78 Å². The van der Waals surface area contributed by atoms with Crippen LogP contribution in [0.5, 0.6) is 0 Å². The second kappa shape index (κ2) is 7.29. The van der Waals surface area contributed by atoms with Crippen LogP contribution in [0.1, 0.15) is 31.9 Å². The summed E-state index contributed by atoms with van der Waals surface area (Å²) < 4.78 is 26.5. The Labute approximate surface area is 125 Å². The van der Waals surface area contributed by atoms with Gasteiger partial charge in [-0.1, -0.05) is 19.9 Å². The zero-order valence-corrected chi connectivity index (χ0v) is 12.9. The van der Waals surface area contributed by atoms with Crippen molar-refractivity contribution in [1.29, 1.82) is 0 Å². The fourth-order valence-corrected chi connectivity index (χ4v) is 3.30. The lowest BCUT2D eigenvalue weighted by Crippen LogP contribution is -2.39. The lowest BCUT2D eigenvalue weighted by Gasteiger charge is -2.30. The van der Waals surface area contributed by atoms with Crippen molar-refractivity contribution in [2.75, 3.05) is 32.7 Å². The lowest BCUT2D eigenvalue weighted by molar-refractivity contribution is 0.189. The summed E-state index contributed by atoms with van der Waals surface area (Å²) in [4.78, 5) is 4.73. The maximum Gasteiger partial charge on any atom is 0.159 e. The van der Waals surface area contributed by atoms with Crippen LogP contribution < -0.4 is 5.73 Å². The Morgan fingerprint density at radius 3 is 2.57 bits per heavy atom. The molecule has 1 fully saturated rings. The number of rotatable bonds is 6. The predicted octanol–water partition coefficient (Wildman–Crippen LogP) is 2.38. The van der Waals surface area contributed by atoms with E-state index in [1.165, 1.54) is 12.1 Å². The van der Waals surface area contributed by atoms with E-state index in [4.69, 9.17) is 5.73 Å². The maximum atomic E-state index is 13.4. The Bertz CT molecular complexity index is 463. The van der Waals surface area contributed by atoms with Crippen LogP contribution >= 0.6 is 0 Å². The van der Waals surface area contributed by atoms with Crippen molar-refractivity contribution in [3.8, 4) is 0 Å². The molecule has 0 aromatic heterocycles. The normalized spacial score (nSPS) is 21.1. The van der Waals surface area contributed by atoms with Crippen LogP contribution in [0.15, 0.2) is 18.2 Å². The van der Waals surface area contributed by atoms with Crippen molar-refractivity contribution in [2.45, 2.75) is 32.4 Å². The molecule has 0 radical (unpaired) electrons. The van der Waals surface area contributed by atoms with Gasteiger partial charge in [0.1, 0.15) is 0 Å². The fraction of sp³-hybridized carbons (Fsp3) is 0.625. The van der Waals surface area contributed by atoms with Crippen molar-refractivity contribution >= 4 is 0 Å². The van der Waals surface area contributed by atoms with Gasteiger partial charge < -0.3 is 5.73 Å². The summed E-state index contributed by atoms with van der Waals surface area (Å²) in [5, 5.41) is 0. The third kappa shape index (κ3) is 3.59. The van der Waals surface area contributed by atoms with Gasteiger partial charge in [-0.15, -0.1) is 0 Å². The summed E-state index contributed by atoms with van der Waals surface area (Å²) in [5.74, 6) is -1.61. The molecule has 2 rings (SSSR count). The zero-order valence-electron chi connectivity index (χ0n) is 12.9. The minimum atomic E-state index is -0.808. The van der Waals surface area contributed by atoms with Crippen molar-refractivity contribution in [3.63, 3.8) is 0 Å². The summed E-state index contributed by atoms with van der Waals surface area (Å²) in [7, 11) is 0. The lowest BCUT2D eigenvalue weighted by atomic mass is 10.1. The topological polar surface area (TPSA) is 32.5 Å². The van der Waals surface area contributed by atoms with E-state index in [1.807, 2.05) is 0 Å². The Morgan fingerprint density at radius 1 is 1.29 bits per heavy atom. The van der Waals surface area contributed by atoms with Gasteiger partial charge in [-0.05, 0) is 37.2 Å². The van der Waals surface area contributed by atoms with E-state index < -0.39 is 11.6 Å². The van der Waals surface area contributed by atoms with Gasteiger partial charge in [-0.2, -0.15) is 0 Å². The van der Waals surface area contributed by atoms with E-state index in [0.29, 0.717) is 12.6 Å². The monoisotopic (exact) mass is 297 g/mol. The molecule has 1 aromatic rings. The number of hydrogen-bond acceptors (Lipinski definition) is 3. The molecule has 1 aliphatic rings. The summed E-state index contributed by atoms with van der Waals surface area (Å²) in [6, 6.07) is 4.59. The second-order valence-corrected chi connectivity index (χ2v) is 5.58. The molecule has 0 aliphatic carbocycles. The first-order valence-electron chi connectivity index (χ1n) is 7.73. The van der Waals surface area contributed by atoms with Crippen LogP contribution in [0.25, 0.3) is 0 Å². The molecule has 118 valence electrons. The van der Waals surface area contributed by atoms with Gasteiger partial charge >= 0.3 is 0 Å². The molecule has 0 bridgehead atoms. The molecule has 0 saturated carbocycles. The Morgan fingerprint density at radius 2 is 2.00 bits per heavy atom. The van der Waals surface area contributed by atoms with Gasteiger partial charge in [-0.25, -0.2) is 8.78 Å². The van der Waals surface area contributed by atoms with E-state index >= 15 is 0 Å². The number of likely N-dealkylation sites (tertiary alicyclic amines) is 1. The second-order valence-electron chi connectivity index (χ2n) is 5.58. The van der Waals surface area contributed by atoms with E-state index in [2.05, 4.69) is 23.6 Å². The van der Waals surface area contributed by atoms with Gasteiger partial charge in [0.2, 0.25) is 0 Å². The first kappa shape index (κ1) is 16.3. The molecule has 1 aromatic carbocycles. The molecule has 1 saturated heterocycles. The summed E-state index contributed by atoms with van der Waals surface area (Å²) >= 11 is 0. The average molecular weight is 297 g/mol. The number of benzene rings is 1. The van der Waals surface area contributed by atoms with Crippen molar-refractivity contribution in [2.24, 2.45) is 5.73 Å². The smallest absolute Gasteiger partial charge is 0.159 e. The largest absolute Gasteiger partial charge is 0.329 e. The Balaban J connectivity index is 2.10. The zero-order chi connectivity index (χ0) is 15.4. The van der Waals surface area contributed by atoms with Crippen molar-refractivity contribution in [1.82, 2.24) is 9.80 Å². The molecule has 0 spiro atoms. The van der Waals surface area contributed by atoms with Gasteiger partial charge in [-0.3, -0.25) is 9.80 Å². The first-order valence-corrected chi connectivity index (χ1v) is 7.73. The van der Waals surface area contributed by atoms with Gasteiger partial charge in [0.15, 0.2) is 11.6 Å². The molecule has 21 heavy (non-hydrogen) atoms. The summed E-state index contributed by atoms with van der Waals surface area (Å²) in [6.07, 6.45) is 1.10. The molecule has 1 heterocycles. The molecule has 0 amide bonds. The minimum Gasteiger partial charge on any atom is -0.329 e. The van der Waals surface area contributed by atoms with Crippen LogP contribution in [-0.2, 0) is 0 Å². The fourth-order valence-electron chi connectivity index (χ4n) is 3.30. The Hall–Kier alpha value is -1.04. The number of nitrogens with zero attached hydrogens (tertiary/aromatic N) is 2. The molecular weight excluding hydrogens is 272 g/mol. The van der Waals surface area contributed by atoms with Gasteiger partial charge in [0.25, 0.3) is 0 Å². The number of hydrogen-bond donors (Lipinski definition) is 1. The average Bonchev–Trinajstić information content (AvgIpc) is 2.94. The maximum absolute atomic E-state index is 13.4. The van der Waals surface area contributed by atoms with E-state index in [1.54, 1.807) is 6.07 Å². The highest BCUT2D eigenvalue weighted by Crippen LogP contribution is 2.27. The van der Waals surface area contributed by atoms with Crippen molar-refractivity contribution in [3.05, 3.63) is 35.4 Å². The summed E-state index contributed by atoms with van der Waals surface area (Å²) in [5.41, 5.74) is 6.65. The third-order valence-electron chi connectivity index (χ3n) is 4.52. The van der Waals surface area contributed by atoms with E-state index in [-0.39, 0.29) is 6.04 Å². The predicted molar refractivity (Wildman–Crippen MR) is 81.1 cm³/mol. The molecule has 3 nitrogen and oxygen atoms in total. The number of halogens is 2. The van der Waals surface area contributed by atoms with Crippen LogP contribution in [-0.4, -0.2) is 48.6 Å². The van der Waals surface area contributed by atoms with Crippen LogP contribution in [0, 0.1) is 11.6 Å². The number of likely N-dealkylation sites (N-methyl/N-ethyl adjacent to an activating group) is 1. The number of nitrogens with two attached hydrogens (primary N) is 1. The van der Waals surface area contributed by atoms with Crippen molar-refractivity contribution < 1.29 is 8.78 Å². The highest BCUT2D eigenvalue weighted by molar-refractivity contribution is 5.22. The summed E-state index contributed by atoms with van der Waals surface area (Å²) in [6.45, 7) is 8.70. The standard InChI is InChI=1S/C16H25F2N3/c1-3-20(4-2)13-7-8-21(11-13)16(10-19)12-5-6-14(17)15(18)9-12/h5-6,9,13,16H,3-4,7-8,10-11,19H2,1-2H3. The first-order chi connectivity index (χ1) is 10.1. The Kier molecular flexibility index (Phi) is 5.67. The SMILES string of the molecule is CCN(CC)C1CCN(C(CN)c2ccc(F)c(F)c2)C1. The molecule has 5 heteroatoms. The van der Waals surface area contributed by atoms with Crippen LogP contribution in [0.3, 0.4) is 0 Å². The third-order valence-corrected chi connectivity index (χ3v) is 4.52.